The molecule has 0 aliphatic heterocycles. The van der Waals surface area contributed by atoms with E-state index < -0.39 is 11.8 Å². The summed E-state index contributed by atoms with van der Waals surface area (Å²) >= 11 is 3.39. The van der Waals surface area contributed by atoms with Crippen LogP contribution in [0.5, 0.6) is 0 Å². The van der Waals surface area contributed by atoms with Gasteiger partial charge in [0.2, 0.25) is 0 Å². The summed E-state index contributed by atoms with van der Waals surface area (Å²) in [6.07, 6.45) is 0. The number of rotatable bonds is 4. The lowest BCUT2D eigenvalue weighted by molar-refractivity contribution is 0.0595. The number of hydrogen-bond donors (Lipinski definition) is 1. The van der Waals surface area contributed by atoms with Crippen LogP contribution in [0, 0.1) is 5.82 Å². The van der Waals surface area contributed by atoms with E-state index in [0.29, 0.717) is 5.69 Å². The van der Waals surface area contributed by atoms with E-state index in [0.717, 1.165) is 10.0 Å². The van der Waals surface area contributed by atoms with E-state index in [1.807, 2.05) is 31.2 Å². The molecule has 0 aliphatic rings. The van der Waals surface area contributed by atoms with Crippen molar-refractivity contribution in [2.75, 3.05) is 12.4 Å². The van der Waals surface area contributed by atoms with Gasteiger partial charge in [-0.3, -0.25) is 0 Å². The maximum absolute atomic E-state index is 13.6. The molecule has 0 saturated heterocycles. The molecule has 2 rings (SSSR count). The Bertz CT molecular complexity index is 643. The quantitative estimate of drug-likeness (QED) is 0.821. The number of anilines is 1. The number of hydrogen-bond acceptors (Lipinski definition) is 3. The highest BCUT2D eigenvalue weighted by molar-refractivity contribution is 9.10. The number of carbonyl (C=O) groups excluding carboxylic acids is 1. The van der Waals surface area contributed by atoms with Crippen molar-refractivity contribution in [1.82, 2.24) is 0 Å². The Hall–Kier alpha value is -1.88. The van der Waals surface area contributed by atoms with Crippen LogP contribution >= 0.6 is 15.9 Å². The zero-order chi connectivity index (χ0) is 15.4. The van der Waals surface area contributed by atoms with Crippen LogP contribution in [0.15, 0.2) is 46.9 Å². The van der Waals surface area contributed by atoms with Gasteiger partial charge < -0.3 is 10.1 Å². The van der Waals surface area contributed by atoms with Gasteiger partial charge in [0.15, 0.2) is 0 Å². The number of esters is 1. The molecule has 0 aromatic heterocycles. The third-order valence-corrected chi connectivity index (χ3v) is 3.65. The largest absolute Gasteiger partial charge is 0.465 e. The zero-order valence-corrected chi connectivity index (χ0v) is 13.3. The SMILES string of the molecule is COC(=O)c1cc(NC(C)c2ccc(Br)cc2)ccc1F. The standard InChI is InChI=1S/C16H15BrFNO2/c1-10(11-3-5-12(17)6-4-11)19-13-7-8-15(18)14(9-13)16(20)21-2/h3-10,19H,1-2H3. The molecule has 0 fully saturated rings. The van der Waals surface area contributed by atoms with Gasteiger partial charge in [0.25, 0.3) is 0 Å². The van der Waals surface area contributed by atoms with Crippen LogP contribution in [-0.2, 0) is 4.74 Å². The van der Waals surface area contributed by atoms with E-state index in [1.165, 1.54) is 19.2 Å². The Balaban J connectivity index is 2.19. The van der Waals surface area contributed by atoms with Gasteiger partial charge in [0.05, 0.1) is 12.7 Å². The van der Waals surface area contributed by atoms with Crippen LogP contribution in [0.25, 0.3) is 0 Å². The van der Waals surface area contributed by atoms with Crippen molar-refractivity contribution < 1.29 is 13.9 Å². The topological polar surface area (TPSA) is 38.3 Å². The van der Waals surface area contributed by atoms with E-state index in [2.05, 4.69) is 26.0 Å². The maximum Gasteiger partial charge on any atom is 0.340 e. The Labute approximate surface area is 131 Å². The van der Waals surface area contributed by atoms with Crippen LogP contribution < -0.4 is 5.32 Å². The maximum atomic E-state index is 13.6. The van der Waals surface area contributed by atoms with Crippen molar-refractivity contribution in [3.8, 4) is 0 Å². The summed E-state index contributed by atoms with van der Waals surface area (Å²) in [5.41, 5.74) is 1.67. The molecule has 110 valence electrons. The van der Waals surface area contributed by atoms with Gasteiger partial charge in [0, 0.05) is 16.2 Å². The average Bonchev–Trinajstić information content (AvgIpc) is 2.49. The summed E-state index contributed by atoms with van der Waals surface area (Å²) in [5, 5.41) is 3.23. The lowest BCUT2D eigenvalue weighted by atomic mass is 10.1. The number of nitrogens with one attached hydrogen (secondary N) is 1. The molecule has 0 saturated carbocycles. The molecule has 2 aromatic rings. The summed E-state index contributed by atoms with van der Waals surface area (Å²) in [7, 11) is 1.23. The summed E-state index contributed by atoms with van der Waals surface area (Å²) < 4.78 is 19.1. The minimum atomic E-state index is -0.688. The molecule has 0 heterocycles. The molecule has 3 nitrogen and oxygen atoms in total. The van der Waals surface area contributed by atoms with Crippen LogP contribution in [0.4, 0.5) is 10.1 Å². The number of carbonyl (C=O) groups is 1. The average molecular weight is 352 g/mol. The molecule has 1 unspecified atom stereocenters. The number of benzene rings is 2. The fourth-order valence-electron chi connectivity index (χ4n) is 1.97. The van der Waals surface area contributed by atoms with Crippen molar-refractivity contribution >= 4 is 27.6 Å². The number of methoxy groups -OCH3 is 1. The fourth-order valence-corrected chi connectivity index (χ4v) is 2.23. The van der Waals surface area contributed by atoms with E-state index in [1.54, 1.807) is 6.07 Å². The first kappa shape index (κ1) is 15.5. The summed E-state index contributed by atoms with van der Waals surface area (Å²) in [4.78, 5) is 11.5. The van der Waals surface area contributed by atoms with Gasteiger partial charge >= 0.3 is 5.97 Å². The lowest BCUT2D eigenvalue weighted by Crippen LogP contribution is -2.09. The van der Waals surface area contributed by atoms with Crippen molar-refractivity contribution in [1.29, 1.82) is 0 Å². The van der Waals surface area contributed by atoms with Crippen molar-refractivity contribution in [3.63, 3.8) is 0 Å². The van der Waals surface area contributed by atoms with E-state index >= 15 is 0 Å². The minimum absolute atomic E-state index is 0.0223. The minimum Gasteiger partial charge on any atom is -0.465 e. The predicted molar refractivity (Wildman–Crippen MR) is 83.9 cm³/mol. The first-order valence-corrected chi connectivity index (χ1v) is 7.20. The predicted octanol–water partition coefficient (Wildman–Crippen LogP) is 4.55. The Morgan fingerprint density at radius 2 is 1.90 bits per heavy atom. The number of halogens is 2. The molecule has 5 heteroatoms. The molecular weight excluding hydrogens is 337 g/mol. The second-order valence-corrected chi connectivity index (χ2v) is 5.52. The van der Waals surface area contributed by atoms with E-state index in [9.17, 15) is 9.18 Å². The van der Waals surface area contributed by atoms with Gasteiger partial charge in [-0.25, -0.2) is 9.18 Å². The molecular formula is C16H15BrFNO2. The van der Waals surface area contributed by atoms with Crippen LogP contribution in [-0.4, -0.2) is 13.1 Å². The smallest absolute Gasteiger partial charge is 0.340 e. The van der Waals surface area contributed by atoms with Crippen LogP contribution in [0.3, 0.4) is 0 Å². The monoisotopic (exact) mass is 351 g/mol. The molecule has 0 amide bonds. The molecule has 0 bridgehead atoms. The Morgan fingerprint density at radius 1 is 1.24 bits per heavy atom. The summed E-state index contributed by atoms with van der Waals surface area (Å²) in [5.74, 6) is -1.28. The van der Waals surface area contributed by atoms with Crippen molar-refractivity contribution in [3.05, 3.63) is 63.9 Å². The molecule has 1 atom stereocenters. The van der Waals surface area contributed by atoms with Gasteiger partial charge in [-0.2, -0.15) is 0 Å². The third kappa shape index (κ3) is 3.82. The third-order valence-electron chi connectivity index (χ3n) is 3.12. The van der Waals surface area contributed by atoms with Crippen LogP contribution in [0.2, 0.25) is 0 Å². The first-order chi connectivity index (χ1) is 10.0. The fraction of sp³-hybridized carbons (Fsp3) is 0.188. The Kier molecular flexibility index (Phi) is 4.96. The highest BCUT2D eigenvalue weighted by atomic mass is 79.9. The highest BCUT2D eigenvalue weighted by Crippen LogP contribution is 2.23. The number of ether oxygens (including phenoxy) is 1. The van der Waals surface area contributed by atoms with Gasteiger partial charge in [-0.1, -0.05) is 28.1 Å². The van der Waals surface area contributed by atoms with Gasteiger partial charge in [-0.15, -0.1) is 0 Å². The lowest BCUT2D eigenvalue weighted by Gasteiger charge is -2.16. The second-order valence-electron chi connectivity index (χ2n) is 4.60. The second kappa shape index (κ2) is 6.72. The van der Waals surface area contributed by atoms with Gasteiger partial charge in [0.1, 0.15) is 5.82 Å². The zero-order valence-electron chi connectivity index (χ0n) is 11.7. The molecule has 0 aliphatic carbocycles. The highest BCUT2D eigenvalue weighted by Gasteiger charge is 2.14. The molecule has 0 spiro atoms. The first-order valence-electron chi connectivity index (χ1n) is 6.41. The molecule has 1 N–H and O–H groups in total. The normalized spacial score (nSPS) is 11.8. The molecule has 0 radical (unpaired) electrons. The van der Waals surface area contributed by atoms with Crippen molar-refractivity contribution in [2.24, 2.45) is 0 Å². The van der Waals surface area contributed by atoms with Crippen LogP contribution in [0.1, 0.15) is 28.9 Å². The Morgan fingerprint density at radius 3 is 2.52 bits per heavy atom. The molecule has 2 aromatic carbocycles. The van der Waals surface area contributed by atoms with Gasteiger partial charge in [-0.05, 0) is 42.8 Å². The van der Waals surface area contributed by atoms with E-state index in [4.69, 9.17) is 0 Å². The summed E-state index contributed by atoms with van der Waals surface area (Å²) in [6.45, 7) is 1.99. The summed E-state index contributed by atoms with van der Waals surface area (Å²) in [6, 6.07) is 12.2. The molecule has 21 heavy (non-hydrogen) atoms. The van der Waals surface area contributed by atoms with Crippen molar-refractivity contribution in [2.45, 2.75) is 13.0 Å². The van der Waals surface area contributed by atoms with E-state index in [-0.39, 0.29) is 11.6 Å².